The van der Waals surface area contributed by atoms with Crippen molar-refractivity contribution in [2.45, 2.75) is 27.2 Å². The Hall–Kier alpha value is -0.740. The van der Waals surface area contributed by atoms with E-state index in [0.717, 1.165) is 26.1 Å². The molecular formula is C12H22N2OS. The van der Waals surface area contributed by atoms with Gasteiger partial charge in [-0.05, 0) is 32.6 Å². The molecule has 0 bridgehead atoms. The van der Waals surface area contributed by atoms with Crippen molar-refractivity contribution in [1.82, 2.24) is 4.90 Å². The number of anilines is 1. The first-order valence-corrected chi connectivity index (χ1v) is 6.28. The quantitative estimate of drug-likeness (QED) is 0.613. The molecule has 0 radical (unpaired) electrons. The Bertz CT molecular complexity index is 355. The van der Waals surface area contributed by atoms with E-state index < -0.39 is 0 Å². The van der Waals surface area contributed by atoms with Crippen molar-refractivity contribution in [2.75, 3.05) is 32.0 Å². The summed E-state index contributed by atoms with van der Waals surface area (Å²) in [6, 6.07) is 1.72. The summed E-state index contributed by atoms with van der Waals surface area (Å²) in [4.78, 5) is 13.3. The van der Waals surface area contributed by atoms with Gasteiger partial charge in [-0.15, -0.1) is 0 Å². The highest BCUT2D eigenvalue weighted by atomic mass is 32.1. The smallest absolute Gasteiger partial charge is 0.219 e. The molecule has 0 aliphatic carbocycles. The van der Waals surface area contributed by atoms with Gasteiger partial charge in [-0.2, -0.15) is 0 Å². The molecule has 0 spiro atoms. The molecule has 0 unspecified atom stereocenters. The van der Waals surface area contributed by atoms with Gasteiger partial charge in [0.2, 0.25) is 5.43 Å². The zero-order valence-electron chi connectivity index (χ0n) is 10.7. The van der Waals surface area contributed by atoms with Crippen molar-refractivity contribution < 1.29 is 0 Å². The van der Waals surface area contributed by atoms with Gasteiger partial charge in [0, 0.05) is 6.54 Å². The van der Waals surface area contributed by atoms with Crippen LogP contribution >= 0.6 is 12.2 Å². The standard InChI is InChI=1S/C10H16N2OS.C2H6/c1-3-12(2)6-4-5-11-8-7-9(14)10(8)13;1-2/h7,11H,3-6H2,1-2H3;1-2H3. The second-order valence-corrected chi connectivity index (χ2v) is 3.87. The molecule has 0 atom stereocenters. The van der Waals surface area contributed by atoms with E-state index >= 15 is 0 Å². The predicted molar refractivity (Wildman–Crippen MR) is 73.5 cm³/mol. The van der Waals surface area contributed by atoms with E-state index in [2.05, 4.69) is 24.2 Å². The third kappa shape index (κ3) is 4.86. The van der Waals surface area contributed by atoms with Crippen molar-refractivity contribution in [3.8, 4) is 0 Å². The Morgan fingerprint density at radius 1 is 1.44 bits per heavy atom. The van der Waals surface area contributed by atoms with E-state index in [-0.39, 0.29) is 5.43 Å². The van der Waals surface area contributed by atoms with Crippen LogP contribution in [0.3, 0.4) is 0 Å². The summed E-state index contributed by atoms with van der Waals surface area (Å²) >= 11 is 4.75. The van der Waals surface area contributed by atoms with Gasteiger partial charge in [0.1, 0.15) is 0 Å². The lowest BCUT2D eigenvalue weighted by molar-refractivity contribution is 0.351. The summed E-state index contributed by atoms with van der Waals surface area (Å²) < 4.78 is 0.443. The molecule has 4 heteroatoms. The van der Waals surface area contributed by atoms with Gasteiger partial charge in [-0.1, -0.05) is 33.0 Å². The van der Waals surface area contributed by atoms with Crippen LogP contribution in [0.15, 0.2) is 10.9 Å². The largest absolute Gasteiger partial charge is 0.382 e. The summed E-state index contributed by atoms with van der Waals surface area (Å²) in [7, 11) is 2.09. The van der Waals surface area contributed by atoms with E-state index in [4.69, 9.17) is 12.2 Å². The maximum Gasteiger partial charge on any atom is 0.219 e. The summed E-state index contributed by atoms with van der Waals surface area (Å²) in [6.07, 6.45) is 1.04. The van der Waals surface area contributed by atoms with Crippen molar-refractivity contribution in [2.24, 2.45) is 0 Å². The number of hydrogen-bond donors (Lipinski definition) is 1. The minimum Gasteiger partial charge on any atom is -0.382 e. The monoisotopic (exact) mass is 242 g/mol. The van der Waals surface area contributed by atoms with Crippen LogP contribution in [0.2, 0.25) is 0 Å². The van der Waals surface area contributed by atoms with Crippen LogP contribution in [0.5, 0.6) is 0 Å². The highest BCUT2D eigenvalue weighted by Gasteiger charge is 2.04. The molecule has 0 amide bonds. The zero-order chi connectivity index (χ0) is 12.6. The van der Waals surface area contributed by atoms with Crippen LogP contribution in [0.1, 0.15) is 27.2 Å². The van der Waals surface area contributed by atoms with Crippen LogP contribution in [0.25, 0.3) is 0 Å². The minimum atomic E-state index is -0.0103. The van der Waals surface area contributed by atoms with E-state index in [1.54, 1.807) is 6.07 Å². The van der Waals surface area contributed by atoms with Gasteiger partial charge in [0.15, 0.2) is 0 Å². The first kappa shape index (κ1) is 15.3. The van der Waals surface area contributed by atoms with Crippen molar-refractivity contribution in [3.05, 3.63) is 20.8 Å². The molecule has 92 valence electrons. The molecule has 0 aliphatic rings. The fourth-order valence-corrected chi connectivity index (χ4v) is 1.41. The lowest BCUT2D eigenvalue weighted by atomic mass is 10.2. The molecule has 0 aromatic heterocycles. The van der Waals surface area contributed by atoms with Crippen LogP contribution in [0, 0.1) is 4.51 Å². The lowest BCUT2D eigenvalue weighted by Crippen LogP contribution is -2.22. The first-order chi connectivity index (χ1) is 7.65. The summed E-state index contributed by atoms with van der Waals surface area (Å²) in [5.74, 6) is 0. The Kier molecular flexibility index (Phi) is 8.03. The van der Waals surface area contributed by atoms with E-state index in [1.807, 2.05) is 13.8 Å². The lowest BCUT2D eigenvalue weighted by Gasteiger charge is -2.14. The summed E-state index contributed by atoms with van der Waals surface area (Å²) in [6.45, 7) is 9.08. The third-order valence-corrected chi connectivity index (χ3v) is 2.62. The number of nitrogens with one attached hydrogen (secondary N) is 1. The van der Waals surface area contributed by atoms with E-state index in [1.165, 1.54) is 0 Å². The number of nitrogens with zero attached hydrogens (tertiary/aromatic N) is 1. The normalized spacial score (nSPS) is 10.1. The SMILES string of the molecule is CC.CCN(C)CCCNc1cc(=S)c1=O. The van der Waals surface area contributed by atoms with Crippen molar-refractivity contribution in [1.29, 1.82) is 0 Å². The predicted octanol–water partition coefficient (Wildman–Crippen LogP) is 2.43. The topological polar surface area (TPSA) is 32.3 Å². The molecule has 1 aromatic carbocycles. The molecular weight excluding hydrogens is 220 g/mol. The number of rotatable bonds is 6. The minimum absolute atomic E-state index is 0.0103. The van der Waals surface area contributed by atoms with Crippen LogP contribution in [-0.2, 0) is 0 Å². The van der Waals surface area contributed by atoms with Gasteiger partial charge in [0.25, 0.3) is 0 Å². The van der Waals surface area contributed by atoms with Crippen LogP contribution in [-0.4, -0.2) is 31.6 Å². The molecule has 0 saturated carbocycles. The highest BCUT2D eigenvalue weighted by molar-refractivity contribution is 7.71. The fraction of sp³-hybridized carbons (Fsp3) is 0.667. The Morgan fingerprint density at radius 2 is 2.06 bits per heavy atom. The first-order valence-electron chi connectivity index (χ1n) is 5.88. The van der Waals surface area contributed by atoms with E-state index in [0.29, 0.717) is 10.2 Å². The second kappa shape index (κ2) is 8.42. The van der Waals surface area contributed by atoms with Crippen molar-refractivity contribution >= 4 is 17.9 Å². The molecule has 16 heavy (non-hydrogen) atoms. The molecule has 1 N–H and O–H groups in total. The van der Waals surface area contributed by atoms with E-state index in [9.17, 15) is 4.79 Å². The number of hydrogen-bond acceptors (Lipinski definition) is 4. The molecule has 0 aliphatic heterocycles. The highest BCUT2D eigenvalue weighted by Crippen LogP contribution is 2.03. The zero-order valence-corrected chi connectivity index (χ0v) is 11.5. The average Bonchev–Trinajstić information content (AvgIpc) is 2.34. The summed E-state index contributed by atoms with van der Waals surface area (Å²) in [5, 5.41) is 3.08. The molecule has 0 saturated heterocycles. The second-order valence-electron chi connectivity index (χ2n) is 3.43. The van der Waals surface area contributed by atoms with Gasteiger partial charge >= 0.3 is 0 Å². The van der Waals surface area contributed by atoms with Crippen molar-refractivity contribution in [3.63, 3.8) is 0 Å². The molecule has 1 rings (SSSR count). The third-order valence-electron chi connectivity index (χ3n) is 2.32. The van der Waals surface area contributed by atoms with Gasteiger partial charge in [-0.3, -0.25) is 4.79 Å². The fourth-order valence-electron chi connectivity index (χ4n) is 1.18. The molecule has 0 heterocycles. The van der Waals surface area contributed by atoms with Gasteiger partial charge in [0.05, 0.1) is 10.2 Å². The molecule has 3 nitrogen and oxygen atoms in total. The van der Waals surface area contributed by atoms with Gasteiger partial charge in [-0.25, -0.2) is 0 Å². The average molecular weight is 242 g/mol. The van der Waals surface area contributed by atoms with Crippen LogP contribution in [0.4, 0.5) is 5.69 Å². The Morgan fingerprint density at radius 3 is 2.50 bits per heavy atom. The molecule has 1 aromatic rings. The van der Waals surface area contributed by atoms with Gasteiger partial charge < -0.3 is 10.2 Å². The molecule has 0 fully saturated rings. The van der Waals surface area contributed by atoms with Crippen LogP contribution < -0.4 is 10.7 Å². The maximum atomic E-state index is 11.1. The Labute approximate surface area is 103 Å². The summed E-state index contributed by atoms with van der Waals surface area (Å²) in [5.41, 5.74) is 0.665. The Balaban J connectivity index is 0.00000106. The maximum absolute atomic E-state index is 11.1.